The molecule has 0 saturated heterocycles. The quantitative estimate of drug-likeness (QED) is 0.554. The maximum Gasteiger partial charge on any atom is 0.0652 e. The topological polar surface area (TPSA) is 47.6 Å². The molecule has 0 bridgehead atoms. The summed E-state index contributed by atoms with van der Waals surface area (Å²) in [5, 5.41) is 16.5. The predicted molar refractivity (Wildman–Crippen MR) is 38.5 cm³/mol. The average Bonchev–Trinajstić information content (AvgIpc) is 1.98. The van der Waals surface area contributed by atoms with E-state index >= 15 is 0 Å². The number of unbranched alkanes of at least 4 members (excludes halogenated alkanes) is 2. The summed E-state index contributed by atoms with van der Waals surface area (Å²) in [5.74, 6) is 0.0960. The number of hydrogen-bond donors (Lipinski definition) is 0. The van der Waals surface area contributed by atoms with Gasteiger partial charge in [-0.25, -0.2) is 0 Å². The van der Waals surface area contributed by atoms with Crippen LogP contribution in [-0.4, -0.2) is 0 Å². The average molecular weight is 135 g/mol. The van der Waals surface area contributed by atoms with Crippen LogP contribution in [0, 0.1) is 35.0 Å². The molecule has 0 fully saturated rings. The standard InChI is InChI=1S/C8H11N2/c1-8(7-10)5-3-2-4-6-9/h3,8H,2,4-5H2,1H3. The first-order valence-electron chi connectivity index (χ1n) is 3.39. The summed E-state index contributed by atoms with van der Waals surface area (Å²) in [7, 11) is 0. The molecule has 0 spiro atoms. The summed E-state index contributed by atoms with van der Waals surface area (Å²) in [6, 6.07) is 4.17. The Balaban J connectivity index is 3.07. The molecule has 0 amide bonds. The molecule has 0 aliphatic heterocycles. The van der Waals surface area contributed by atoms with Crippen LogP contribution in [0.15, 0.2) is 0 Å². The van der Waals surface area contributed by atoms with Crippen molar-refractivity contribution in [2.24, 2.45) is 5.92 Å². The first-order valence-corrected chi connectivity index (χ1v) is 3.39. The van der Waals surface area contributed by atoms with Gasteiger partial charge in [-0.05, 0) is 26.2 Å². The largest absolute Gasteiger partial charge is 0.198 e. The van der Waals surface area contributed by atoms with E-state index in [2.05, 4.69) is 6.07 Å². The van der Waals surface area contributed by atoms with Crippen LogP contribution >= 0.6 is 0 Å². The van der Waals surface area contributed by atoms with Crippen LogP contribution in [0.2, 0.25) is 0 Å². The zero-order valence-electron chi connectivity index (χ0n) is 6.17. The second-order valence-corrected chi connectivity index (χ2v) is 2.25. The first-order chi connectivity index (χ1) is 4.81. The van der Waals surface area contributed by atoms with Crippen molar-refractivity contribution >= 4 is 0 Å². The molecular formula is C8H11N2. The maximum absolute atomic E-state index is 8.36. The van der Waals surface area contributed by atoms with E-state index in [9.17, 15) is 0 Å². The van der Waals surface area contributed by atoms with Crippen LogP contribution in [0.3, 0.4) is 0 Å². The van der Waals surface area contributed by atoms with E-state index in [1.165, 1.54) is 0 Å². The minimum Gasteiger partial charge on any atom is -0.198 e. The summed E-state index contributed by atoms with van der Waals surface area (Å²) < 4.78 is 0. The van der Waals surface area contributed by atoms with Crippen molar-refractivity contribution in [1.29, 1.82) is 10.5 Å². The lowest BCUT2D eigenvalue weighted by Crippen LogP contribution is -1.89. The van der Waals surface area contributed by atoms with Crippen molar-refractivity contribution in [1.82, 2.24) is 0 Å². The third-order valence-electron chi connectivity index (χ3n) is 1.20. The lowest BCUT2D eigenvalue weighted by Gasteiger charge is -1.97. The molecule has 10 heavy (non-hydrogen) atoms. The van der Waals surface area contributed by atoms with Crippen LogP contribution in [0.1, 0.15) is 26.2 Å². The molecule has 2 nitrogen and oxygen atoms in total. The third kappa shape index (κ3) is 5.12. The third-order valence-corrected chi connectivity index (χ3v) is 1.20. The molecule has 1 radical (unpaired) electrons. The van der Waals surface area contributed by atoms with Gasteiger partial charge in [-0.2, -0.15) is 10.5 Å². The van der Waals surface area contributed by atoms with E-state index in [1.807, 2.05) is 19.4 Å². The van der Waals surface area contributed by atoms with E-state index < -0.39 is 0 Å². The van der Waals surface area contributed by atoms with Crippen LogP contribution in [0.4, 0.5) is 0 Å². The zero-order chi connectivity index (χ0) is 7.82. The van der Waals surface area contributed by atoms with Gasteiger partial charge in [0.05, 0.1) is 12.1 Å². The Morgan fingerprint density at radius 1 is 1.50 bits per heavy atom. The van der Waals surface area contributed by atoms with Crippen LogP contribution in [0.5, 0.6) is 0 Å². The van der Waals surface area contributed by atoms with Crippen molar-refractivity contribution in [3.63, 3.8) is 0 Å². The van der Waals surface area contributed by atoms with E-state index in [4.69, 9.17) is 10.5 Å². The smallest absolute Gasteiger partial charge is 0.0652 e. The molecule has 0 aliphatic rings. The second kappa shape index (κ2) is 6.11. The van der Waals surface area contributed by atoms with Gasteiger partial charge in [-0.3, -0.25) is 0 Å². The summed E-state index contributed by atoms with van der Waals surface area (Å²) in [5.41, 5.74) is 0. The summed E-state index contributed by atoms with van der Waals surface area (Å²) in [6.45, 7) is 1.88. The zero-order valence-corrected chi connectivity index (χ0v) is 6.17. The SMILES string of the molecule is CC(C#N)C[CH]CCC#N. The van der Waals surface area contributed by atoms with Gasteiger partial charge in [-0.15, -0.1) is 0 Å². The van der Waals surface area contributed by atoms with Gasteiger partial charge in [0.15, 0.2) is 0 Å². The Kier molecular flexibility index (Phi) is 5.48. The molecule has 2 heteroatoms. The molecule has 1 atom stereocenters. The van der Waals surface area contributed by atoms with Crippen molar-refractivity contribution < 1.29 is 0 Å². The van der Waals surface area contributed by atoms with Gasteiger partial charge < -0.3 is 0 Å². The fraction of sp³-hybridized carbons (Fsp3) is 0.625. The normalized spacial score (nSPS) is 11.5. The second-order valence-electron chi connectivity index (χ2n) is 2.25. The Labute approximate surface area is 62.1 Å². The molecule has 0 aromatic carbocycles. The first kappa shape index (κ1) is 8.98. The van der Waals surface area contributed by atoms with Crippen LogP contribution in [0.25, 0.3) is 0 Å². The fourth-order valence-electron chi connectivity index (χ4n) is 0.587. The lowest BCUT2D eigenvalue weighted by atomic mass is 10.1. The van der Waals surface area contributed by atoms with E-state index in [0.29, 0.717) is 6.42 Å². The van der Waals surface area contributed by atoms with Gasteiger partial charge in [0.25, 0.3) is 0 Å². The van der Waals surface area contributed by atoms with E-state index in [-0.39, 0.29) is 5.92 Å². The summed E-state index contributed by atoms with van der Waals surface area (Å²) in [6.07, 6.45) is 4.18. The van der Waals surface area contributed by atoms with Gasteiger partial charge in [0, 0.05) is 12.3 Å². The highest BCUT2D eigenvalue weighted by Gasteiger charge is 1.97. The highest BCUT2D eigenvalue weighted by Crippen LogP contribution is 2.05. The van der Waals surface area contributed by atoms with Gasteiger partial charge in [0.1, 0.15) is 0 Å². The van der Waals surface area contributed by atoms with Crippen LogP contribution in [-0.2, 0) is 0 Å². The summed E-state index contributed by atoms with van der Waals surface area (Å²) >= 11 is 0. The number of rotatable bonds is 4. The molecule has 0 aromatic rings. The van der Waals surface area contributed by atoms with Gasteiger partial charge in [-0.1, -0.05) is 0 Å². The van der Waals surface area contributed by atoms with Gasteiger partial charge in [0.2, 0.25) is 0 Å². The Morgan fingerprint density at radius 2 is 2.20 bits per heavy atom. The Morgan fingerprint density at radius 3 is 2.70 bits per heavy atom. The molecule has 53 valence electrons. The number of nitrogens with zero attached hydrogens (tertiary/aromatic N) is 2. The molecule has 0 aromatic heterocycles. The minimum atomic E-state index is 0.0960. The van der Waals surface area contributed by atoms with Crippen LogP contribution < -0.4 is 0 Å². The molecule has 0 heterocycles. The summed E-state index contributed by atoms with van der Waals surface area (Å²) in [4.78, 5) is 0. The number of hydrogen-bond acceptors (Lipinski definition) is 2. The molecule has 1 unspecified atom stereocenters. The highest BCUT2D eigenvalue weighted by atomic mass is 14.3. The van der Waals surface area contributed by atoms with Crippen molar-refractivity contribution in [2.45, 2.75) is 26.2 Å². The molecule has 0 N–H and O–H groups in total. The Hall–Kier alpha value is -1.02. The van der Waals surface area contributed by atoms with Crippen molar-refractivity contribution in [2.75, 3.05) is 0 Å². The monoisotopic (exact) mass is 135 g/mol. The minimum absolute atomic E-state index is 0.0960. The Bertz CT molecular complexity index is 150. The lowest BCUT2D eigenvalue weighted by molar-refractivity contribution is 0.698. The fourth-order valence-corrected chi connectivity index (χ4v) is 0.587. The molecule has 0 rings (SSSR count). The van der Waals surface area contributed by atoms with Gasteiger partial charge >= 0.3 is 0 Å². The molecule has 0 aliphatic carbocycles. The maximum atomic E-state index is 8.36. The number of nitriles is 2. The van der Waals surface area contributed by atoms with Crippen molar-refractivity contribution in [3.05, 3.63) is 6.42 Å². The highest BCUT2D eigenvalue weighted by molar-refractivity contribution is 4.85. The van der Waals surface area contributed by atoms with Crippen molar-refractivity contribution in [3.8, 4) is 12.1 Å². The van der Waals surface area contributed by atoms with E-state index in [0.717, 1.165) is 12.8 Å². The molecule has 0 saturated carbocycles. The van der Waals surface area contributed by atoms with E-state index in [1.54, 1.807) is 0 Å². The predicted octanol–water partition coefficient (Wildman–Crippen LogP) is 2.04. The molecular weight excluding hydrogens is 124 g/mol.